The third-order valence-electron chi connectivity index (χ3n) is 3.49. The predicted octanol–water partition coefficient (Wildman–Crippen LogP) is 1.82. The van der Waals surface area contributed by atoms with Gasteiger partial charge < -0.3 is 10.1 Å². The minimum Gasteiger partial charge on any atom is -0.496 e. The van der Waals surface area contributed by atoms with E-state index in [0.29, 0.717) is 18.3 Å². The van der Waals surface area contributed by atoms with Gasteiger partial charge in [-0.2, -0.15) is 0 Å². The zero-order valence-corrected chi connectivity index (χ0v) is 12.5. The van der Waals surface area contributed by atoms with Gasteiger partial charge in [0, 0.05) is 49.9 Å². The summed E-state index contributed by atoms with van der Waals surface area (Å²) in [5, 5.41) is 14.2. The molecule has 0 aromatic heterocycles. The van der Waals surface area contributed by atoms with Gasteiger partial charge in [0.2, 0.25) is 0 Å². The number of halogens is 1. The molecule has 2 rings (SSSR count). The van der Waals surface area contributed by atoms with Crippen molar-refractivity contribution in [3.63, 3.8) is 0 Å². The molecule has 112 valence electrons. The first-order chi connectivity index (χ1) is 9.11. The quantitative estimate of drug-likeness (QED) is 0.679. The van der Waals surface area contributed by atoms with Gasteiger partial charge in [0.05, 0.1) is 12.0 Å². The van der Waals surface area contributed by atoms with Crippen molar-refractivity contribution in [2.24, 2.45) is 0 Å². The summed E-state index contributed by atoms with van der Waals surface area (Å²) in [6.07, 6.45) is 0. The molecule has 1 heterocycles. The number of ether oxygens (including phenoxy) is 1. The molecule has 0 aliphatic carbocycles. The highest BCUT2D eigenvalue weighted by molar-refractivity contribution is 5.85. The number of nitrogens with zero attached hydrogens (tertiary/aromatic N) is 2. The molecule has 1 aromatic carbocycles. The summed E-state index contributed by atoms with van der Waals surface area (Å²) >= 11 is 0. The molecular formula is C13H20ClN3O3. The van der Waals surface area contributed by atoms with E-state index in [-0.39, 0.29) is 23.0 Å². The molecule has 0 spiro atoms. The Kier molecular flexibility index (Phi) is 6.19. The maximum absolute atomic E-state index is 10.9. The predicted molar refractivity (Wildman–Crippen MR) is 79.6 cm³/mol. The molecule has 0 saturated carbocycles. The fourth-order valence-corrected chi connectivity index (χ4v) is 2.34. The number of nitro groups is 1. The van der Waals surface area contributed by atoms with Crippen molar-refractivity contribution in [3.05, 3.63) is 33.9 Å². The molecule has 1 aliphatic rings. The second kappa shape index (κ2) is 7.42. The lowest BCUT2D eigenvalue weighted by Gasteiger charge is -2.34. The summed E-state index contributed by atoms with van der Waals surface area (Å²) in [7, 11) is 1.59. The van der Waals surface area contributed by atoms with Gasteiger partial charge in [-0.3, -0.25) is 15.0 Å². The maximum atomic E-state index is 10.9. The lowest BCUT2D eigenvalue weighted by atomic mass is 10.1. The largest absolute Gasteiger partial charge is 0.496 e. The van der Waals surface area contributed by atoms with Crippen LogP contribution in [0, 0.1) is 10.1 Å². The molecule has 1 unspecified atom stereocenters. The first kappa shape index (κ1) is 16.7. The molecule has 6 nitrogen and oxygen atoms in total. The topological polar surface area (TPSA) is 67.6 Å². The second-order valence-electron chi connectivity index (χ2n) is 4.78. The van der Waals surface area contributed by atoms with Gasteiger partial charge in [0.1, 0.15) is 5.75 Å². The highest BCUT2D eigenvalue weighted by Crippen LogP contribution is 2.26. The fourth-order valence-electron chi connectivity index (χ4n) is 2.34. The van der Waals surface area contributed by atoms with E-state index in [2.05, 4.69) is 17.1 Å². The summed E-state index contributed by atoms with van der Waals surface area (Å²) in [4.78, 5) is 12.8. The summed E-state index contributed by atoms with van der Waals surface area (Å²) in [5.74, 6) is 0.705. The van der Waals surface area contributed by atoms with Crippen LogP contribution in [0.25, 0.3) is 0 Å². The Labute approximate surface area is 124 Å². The van der Waals surface area contributed by atoms with Crippen LogP contribution in [0.4, 0.5) is 5.69 Å². The number of rotatable bonds is 4. The van der Waals surface area contributed by atoms with Gasteiger partial charge in [-0.25, -0.2) is 0 Å². The summed E-state index contributed by atoms with van der Waals surface area (Å²) < 4.78 is 5.29. The Morgan fingerprint density at radius 1 is 1.55 bits per heavy atom. The van der Waals surface area contributed by atoms with Crippen LogP contribution in [0.1, 0.15) is 12.5 Å². The average Bonchev–Trinajstić information content (AvgIpc) is 2.41. The monoisotopic (exact) mass is 301 g/mol. The number of nitrogens with one attached hydrogen (secondary N) is 1. The highest BCUT2D eigenvalue weighted by atomic mass is 35.5. The standard InChI is InChI=1S/C13H19N3O3.ClH/c1-10-8-14-5-6-15(10)9-11-7-12(16(17)18)3-4-13(11)19-2;/h3-4,7,10,14H,5-6,8-9H2,1-2H3;1H. The lowest BCUT2D eigenvalue weighted by molar-refractivity contribution is -0.385. The van der Waals surface area contributed by atoms with Crippen molar-refractivity contribution >= 4 is 18.1 Å². The van der Waals surface area contributed by atoms with Gasteiger partial charge in [-0.05, 0) is 13.0 Å². The van der Waals surface area contributed by atoms with E-state index in [0.717, 1.165) is 25.2 Å². The van der Waals surface area contributed by atoms with Crippen LogP contribution in [-0.4, -0.2) is 42.6 Å². The highest BCUT2D eigenvalue weighted by Gasteiger charge is 2.20. The maximum Gasteiger partial charge on any atom is 0.270 e. The number of piperazine rings is 1. The number of benzene rings is 1. The van der Waals surface area contributed by atoms with Gasteiger partial charge in [-0.1, -0.05) is 0 Å². The second-order valence-corrected chi connectivity index (χ2v) is 4.78. The van der Waals surface area contributed by atoms with Gasteiger partial charge in [0.15, 0.2) is 0 Å². The third kappa shape index (κ3) is 3.82. The Morgan fingerprint density at radius 2 is 2.30 bits per heavy atom. The Morgan fingerprint density at radius 3 is 2.90 bits per heavy atom. The number of hydrogen-bond acceptors (Lipinski definition) is 5. The minimum absolute atomic E-state index is 0. The number of non-ortho nitro benzene ring substituents is 1. The normalized spacial score (nSPS) is 19.2. The smallest absolute Gasteiger partial charge is 0.270 e. The molecule has 1 atom stereocenters. The van der Waals surface area contributed by atoms with Crippen molar-refractivity contribution in [1.82, 2.24) is 10.2 Å². The van der Waals surface area contributed by atoms with E-state index in [9.17, 15) is 10.1 Å². The molecule has 1 aromatic rings. The van der Waals surface area contributed by atoms with Crippen molar-refractivity contribution in [2.45, 2.75) is 19.5 Å². The molecule has 7 heteroatoms. The van der Waals surface area contributed by atoms with Crippen LogP contribution in [0.3, 0.4) is 0 Å². The molecule has 0 bridgehead atoms. The van der Waals surface area contributed by atoms with Crippen LogP contribution in [-0.2, 0) is 6.54 Å². The van der Waals surface area contributed by atoms with E-state index >= 15 is 0 Å². The van der Waals surface area contributed by atoms with Gasteiger partial charge >= 0.3 is 0 Å². The van der Waals surface area contributed by atoms with Crippen LogP contribution in [0.15, 0.2) is 18.2 Å². The number of methoxy groups -OCH3 is 1. The number of nitro benzene ring substituents is 1. The summed E-state index contributed by atoms with van der Waals surface area (Å²) in [5.41, 5.74) is 0.976. The van der Waals surface area contributed by atoms with Crippen LogP contribution >= 0.6 is 12.4 Å². The average molecular weight is 302 g/mol. The van der Waals surface area contributed by atoms with Crippen LogP contribution in [0.5, 0.6) is 5.75 Å². The summed E-state index contributed by atoms with van der Waals surface area (Å²) in [6.45, 7) is 5.65. The molecule has 0 amide bonds. The Balaban J connectivity index is 0.00000200. The first-order valence-corrected chi connectivity index (χ1v) is 6.38. The fraction of sp³-hybridized carbons (Fsp3) is 0.538. The molecular weight excluding hydrogens is 282 g/mol. The SMILES string of the molecule is COc1ccc([N+](=O)[O-])cc1CN1CCNCC1C.Cl. The molecule has 1 N–H and O–H groups in total. The minimum atomic E-state index is -0.371. The Bertz CT molecular complexity index is 470. The van der Waals surface area contributed by atoms with Crippen LogP contribution < -0.4 is 10.1 Å². The van der Waals surface area contributed by atoms with Crippen molar-refractivity contribution in [2.75, 3.05) is 26.7 Å². The van der Waals surface area contributed by atoms with E-state index in [4.69, 9.17) is 4.74 Å². The zero-order chi connectivity index (χ0) is 13.8. The number of hydrogen-bond donors (Lipinski definition) is 1. The van der Waals surface area contributed by atoms with E-state index in [1.165, 1.54) is 6.07 Å². The Hall–Kier alpha value is -1.37. The van der Waals surface area contributed by atoms with Crippen molar-refractivity contribution < 1.29 is 9.66 Å². The van der Waals surface area contributed by atoms with E-state index in [1.807, 2.05) is 0 Å². The third-order valence-corrected chi connectivity index (χ3v) is 3.49. The van der Waals surface area contributed by atoms with E-state index in [1.54, 1.807) is 19.2 Å². The first-order valence-electron chi connectivity index (χ1n) is 6.38. The molecule has 1 fully saturated rings. The van der Waals surface area contributed by atoms with Gasteiger partial charge in [0.25, 0.3) is 5.69 Å². The van der Waals surface area contributed by atoms with E-state index < -0.39 is 0 Å². The van der Waals surface area contributed by atoms with Gasteiger partial charge in [-0.15, -0.1) is 12.4 Å². The molecule has 0 radical (unpaired) electrons. The molecule has 1 aliphatic heterocycles. The summed E-state index contributed by atoms with van der Waals surface area (Å²) in [6, 6.07) is 5.16. The van der Waals surface area contributed by atoms with Crippen molar-refractivity contribution in [3.8, 4) is 5.75 Å². The van der Waals surface area contributed by atoms with Crippen molar-refractivity contribution in [1.29, 1.82) is 0 Å². The lowest BCUT2D eigenvalue weighted by Crippen LogP contribution is -2.49. The van der Waals surface area contributed by atoms with Crippen LogP contribution in [0.2, 0.25) is 0 Å². The molecule has 1 saturated heterocycles. The zero-order valence-electron chi connectivity index (χ0n) is 11.7. The molecule has 20 heavy (non-hydrogen) atoms.